The molecule has 0 aliphatic rings. The van der Waals surface area contributed by atoms with E-state index in [0.29, 0.717) is 16.4 Å². The largest absolute Gasteiger partial charge is 0.346 e. The Labute approximate surface area is 149 Å². The van der Waals surface area contributed by atoms with Crippen LogP contribution in [0.4, 0.5) is 15.2 Å². The Morgan fingerprint density at radius 2 is 2.00 bits per heavy atom. The van der Waals surface area contributed by atoms with Crippen LogP contribution in [-0.4, -0.2) is 10.9 Å². The molecular weight excluding hydrogens is 337 g/mol. The van der Waals surface area contributed by atoms with Gasteiger partial charge in [-0.3, -0.25) is 4.79 Å². The SMILES string of the molecule is Cc1ccc(Nc2nc(C(=O)NCc3ccccc3F)cs2)c(C)c1. The first-order valence-electron chi connectivity index (χ1n) is 7.84. The van der Waals surface area contributed by atoms with Crippen LogP contribution in [0.1, 0.15) is 27.2 Å². The molecule has 4 nitrogen and oxygen atoms in total. The maximum absolute atomic E-state index is 13.6. The first-order chi connectivity index (χ1) is 12.0. The van der Waals surface area contributed by atoms with E-state index in [2.05, 4.69) is 21.7 Å². The molecule has 0 atom stereocenters. The topological polar surface area (TPSA) is 54.0 Å². The molecule has 0 radical (unpaired) electrons. The van der Waals surface area contributed by atoms with Crippen LogP contribution in [0.3, 0.4) is 0 Å². The minimum Gasteiger partial charge on any atom is -0.346 e. The Kier molecular flexibility index (Phi) is 5.09. The zero-order valence-corrected chi connectivity index (χ0v) is 14.8. The zero-order valence-electron chi connectivity index (χ0n) is 14.0. The van der Waals surface area contributed by atoms with Crippen LogP contribution >= 0.6 is 11.3 Å². The summed E-state index contributed by atoms with van der Waals surface area (Å²) in [6.07, 6.45) is 0. The average molecular weight is 355 g/mol. The summed E-state index contributed by atoms with van der Waals surface area (Å²) in [5, 5.41) is 8.24. The van der Waals surface area contributed by atoms with Gasteiger partial charge in [-0.25, -0.2) is 9.37 Å². The lowest BCUT2D eigenvalue weighted by Crippen LogP contribution is -2.23. The number of carbonyl (C=O) groups is 1. The first-order valence-corrected chi connectivity index (χ1v) is 8.72. The van der Waals surface area contributed by atoms with E-state index in [-0.39, 0.29) is 18.3 Å². The third kappa shape index (κ3) is 4.22. The van der Waals surface area contributed by atoms with Gasteiger partial charge in [-0.1, -0.05) is 35.9 Å². The molecule has 1 heterocycles. The molecule has 0 fully saturated rings. The fourth-order valence-corrected chi connectivity index (χ4v) is 3.12. The van der Waals surface area contributed by atoms with Gasteiger partial charge in [0.05, 0.1) is 0 Å². The second-order valence-electron chi connectivity index (χ2n) is 5.76. The molecular formula is C19H18FN3OS. The van der Waals surface area contributed by atoms with Crippen molar-refractivity contribution in [2.75, 3.05) is 5.32 Å². The summed E-state index contributed by atoms with van der Waals surface area (Å²) in [5.41, 5.74) is 4.02. The minimum atomic E-state index is -0.335. The van der Waals surface area contributed by atoms with Gasteiger partial charge >= 0.3 is 0 Å². The van der Waals surface area contributed by atoms with E-state index >= 15 is 0 Å². The number of hydrogen-bond donors (Lipinski definition) is 2. The smallest absolute Gasteiger partial charge is 0.271 e. The molecule has 128 valence electrons. The van der Waals surface area contributed by atoms with Crippen molar-refractivity contribution < 1.29 is 9.18 Å². The van der Waals surface area contributed by atoms with E-state index in [0.717, 1.165) is 11.3 Å². The van der Waals surface area contributed by atoms with Crippen LogP contribution in [0.25, 0.3) is 0 Å². The van der Waals surface area contributed by atoms with E-state index in [4.69, 9.17) is 0 Å². The number of halogens is 1. The summed E-state index contributed by atoms with van der Waals surface area (Å²) in [6.45, 7) is 4.19. The second-order valence-corrected chi connectivity index (χ2v) is 6.61. The van der Waals surface area contributed by atoms with Crippen LogP contribution in [0.15, 0.2) is 47.8 Å². The molecule has 0 unspecified atom stereocenters. The minimum absolute atomic E-state index is 0.128. The molecule has 1 amide bonds. The number of thiazole rings is 1. The van der Waals surface area contributed by atoms with Gasteiger partial charge in [0.2, 0.25) is 0 Å². The van der Waals surface area contributed by atoms with Gasteiger partial charge in [0.1, 0.15) is 11.5 Å². The van der Waals surface area contributed by atoms with Gasteiger partial charge in [0.15, 0.2) is 5.13 Å². The molecule has 3 aromatic rings. The molecule has 0 saturated carbocycles. The Morgan fingerprint density at radius 3 is 2.76 bits per heavy atom. The van der Waals surface area contributed by atoms with Gasteiger partial charge in [0.25, 0.3) is 5.91 Å². The van der Waals surface area contributed by atoms with E-state index in [9.17, 15) is 9.18 Å². The van der Waals surface area contributed by atoms with Crippen molar-refractivity contribution in [1.82, 2.24) is 10.3 Å². The molecule has 0 aliphatic heterocycles. The Balaban J connectivity index is 1.64. The summed E-state index contributed by atoms with van der Waals surface area (Å²) >= 11 is 1.35. The number of carbonyl (C=O) groups excluding carboxylic acids is 1. The number of aromatic nitrogens is 1. The molecule has 3 rings (SSSR count). The number of hydrogen-bond acceptors (Lipinski definition) is 4. The van der Waals surface area contributed by atoms with Crippen molar-refractivity contribution in [1.29, 1.82) is 0 Å². The molecule has 2 aromatic carbocycles. The first kappa shape index (κ1) is 17.1. The van der Waals surface area contributed by atoms with Crippen molar-refractivity contribution in [3.05, 3.63) is 76.0 Å². The van der Waals surface area contributed by atoms with E-state index in [1.807, 2.05) is 26.0 Å². The third-order valence-electron chi connectivity index (χ3n) is 3.76. The Hall–Kier alpha value is -2.73. The van der Waals surface area contributed by atoms with Crippen LogP contribution in [0, 0.1) is 19.7 Å². The van der Waals surface area contributed by atoms with Crippen LogP contribution < -0.4 is 10.6 Å². The highest BCUT2D eigenvalue weighted by Crippen LogP contribution is 2.24. The zero-order chi connectivity index (χ0) is 17.8. The third-order valence-corrected chi connectivity index (χ3v) is 4.52. The fraction of sp³-hybridized carbons (Fsp3) is 0.158. The van der Waals surface area contributed by atoms with Crippen molar-refractivity contribution in [2.45, 2.75) is 20.4 Å². The highest BCUT2D eigenvalue weighted by molar-refractivity contribution is 7.14. The van der Waals surface area contributed by atoms with Gasteiger partial charge in [-0.05, 0) is 31.5 Å². The summed E-state index contributed by atoms with van der Waals surface area (Å²) in [5.74, 6) is -0.661. The van der Waals surface area contributed by atoms with Crippen molar-refractivity contribution >= 4 is 28.1 Å². The molecule has 0 saturated heterocycles. The van der Waals surface area contributed by atoms with Crippen molar-refractivity contribution in [3.8, 4) is 0 Å². The average Bonchev–Trinajstić information content (AvgIpc) is 3.05. The summed E-state index contributed by atoms with van der Waals surface area (Å²) in [4.78, 5) is 16.5. The summed E-state index contributed by atoms with van der Waals surface area (Å²) in [6, 6.07) is 12.5. The van der Waals surface area contributed by atoms with Gasteiger partial charge in [-0.15, -0.1) is 11.3 Å². The number of aryl methyl sites for hydroxylation is 2. The van der Waals surface area contributed by atoms with Crippen LogP contribution in [-0.2, 0) is 6.54 Å². The normalized spacial score (nSPS) is 10.5. The number of nitrogens with one attached hydrogen (secondary N) is 2. The Bertz CT molecular complexity index is 907. The molecule has 6 heteroatoms. The van der Waals surface area contributed by atoms with Gasteiger partial charge < -0.3 is 10.6 Å². The van der Waals surface area contributed by atoms with Crippen LogP contribution in [0.5, 0.6) is 0 Å². The van der Waals surface area contributed by atoms with Gasteiger partial charge in [-0.2, -0.15) is 0 Å². The van der Waals surface area contributed by atoms with E-state index < -0.39 is 0 Å². The number of nitrogens with zero attached hydrogens (tertiary/aromatic N) is 1. The Morgan fingerprint density at radius 1 is 1.20 bits per heavy atom. The second kappa shape index (κ2) is 7.44. The summed E-state index contributed by atoms with van der Waals surface area (Å²) < 4.78 is 13.6. The van der Waals surface area contributed by atoms with Crippen LogP contribution in [0.2, 0.25) is 0 Å². The molecule has 0 aliphatic carbocycles. The predicted molar refractivity (Wildman–Crippen MR) is 98.9 cm³/mol. The number of amides is 1. The molecule has 0 spiro atoms. The maximum atomic E-state index is 13.6. The van der Waals surface area contributed by atoms with Gasteiger partial charge in [0, 0.05) is 23.2 Å². The maximum Gasteiger partial charge on any atom is 0.271 e. The van der Waals surface area contributed by atoms with Crippen molar-refractivity contribution in [2.24, 2.45) is 0 Å². The summed E-state index contributed by atoms with van der Waals surface area (Å²) in [7, 11) is 0. The number of benzene rings is 2. The number of rotatable bonds is 5. The monoisotopic (exact) mass is 355 g/mol. The predicted octanol–water partition coefficient (Wildman–Crippen LogP) is 4.57. The van der Waals surface area contributed by atoms with Crippen molar-refractivity contribution in [3.63, 3.8) is 0 Å². The van der Waals surface area contributed by atoms with E-state index in [1.54, 1.807) is 23.6 Å². The number of anilines is 2. The highest BCUT2D eigenvalue weighted by Gasteiger charge is 2.12. The molecule has 0 bridgehead atoms. The molecule has 25 heavy (non-hydrogen) atoms. The quantitative estimate of drug-likeness (QED) is 0.705. The lowest BCUT2D eigenvalue weighted by molar-refractivity contribution is 0.0946. The molecule has 1 aromatic heterocycles. The lowest BCUT2D eigenvalue weighted by Gasteiger charge is -2.07. The lowest BCUT2D eigenvalue weighted by atomic mass is 10.1. The fourth-order valence-electron chi connectivity index (χ4n) is 2.41. The highest BCUT2D eigenvalue weighted by atomic mass is 32.1. The standard InChI is InChI=1S/C19H18FN3OS/c1-12-7-8-16(13(2)9-12)22-19-23-17(11-25-19)18(24)21-10-14-5-3-4-6-15(14)20/h3-9,11H,10H2,1-2H3,(H,21,24)(H,22,23). The van der Waals surface area contributed by atoms with E-state index in [1.165, 1.54) is 23.0 Å². The molecule has 2 N–H and O–H groups in total.